The van der Waals surface area contributed by atoms with Crippen LogP contribution < -0.4 is 15.7 Å². The van der Waals surface area contributed by atoms with Crippen LogP contribution in [-0.4, -0.2) is 29.3 Å². The second kappa shape index (κ2) is 6.80. The highest BCUT2D eigenvalue weighted by Gasteiger charge is 2.15. The number of benzene rings is 1. The smallest absolute Gasteiger partial charge is 0.349 e. The van der Waals surface area contributed by atoms with Crippen molar-refractivity contribution in [3.63, 3.8) is 0 Å². The van der Waals surface area contributed by atoms with Gasteiger partial charge in [0.2, 0.25) is 0 Å². The molecule has 0 aliphatic heterocycles. The zero-order chi connectivity index (χ0) is 18.0. The number of methoxy groups -OCH3 is 1. The van der Waals surface area contributed by atoms with Gasteiger partial charge in [0, 0.05) is 17.6 Å². The summed E-state index contributed by atoms with van der Waals surface area (Å²) in [5, 5.41) is 7.68. The van der Waals surface area contributed by atoms with E-state index < -0.39 is 11.5 Å². The van der Waals surface area contributed by atoms with Gasteiger partial charge < -0.3 is 14.5 Å². The third-order valence-corrected chi connectivity index (χ3v) is 3.90. The van der Waals surface area contributed by atoms with Crippen molar-refractivity contribution in [2.75, 3.05) is 13.7 Å². The van der Waals surface area contributed by atoms with Crippen LogP contribution in [0.25, 0.3) is 11.0 Å². The largest absolute Gasteiger partial charge is 0.493 e. The van der Waals surface area contributed by atoms with Gasteiger partial charge in [-0.05, 0) is 32.0 Å². The van der Waals surface area contributed by atoms with Crippen LogP contribution in [-0.2, 0) is 6.54 Å². The molecule has 1 aromatic carbocycles. The van der Waals surface area contributed by atoms with E-state index in [2.05, 4.69) is 10.4 Å². The number of aryl methyl sites for hydroxylation is 2. The van der Waals surface area contributed by atoms with Gasteiger partial charge in [-0.3, -0.25) is 9.48 Å². The number of para-hydroxylation sites is 1. The molecule has 7 heteroatoms. The fourth-order valence-corrected chi connectivity index (χ4v) is 2.71. The van der Waals surface area contributed by atoms with E-state index in [-0.39, 0.29) is 5.56 Å². The number of aromatic nitrogens is 2. The number of fused-ring (bicyclic) bond motifs is 1. The van der Waals surface area contributed by atoms with E-state index in [1.807, 2.05) is 24.6 Å². The van der Waals surface area contributed by atoms with Crippen molar-refractivity contribution >= 4 is 16.9 Å². The topological polar surface area (TPSA) is 86.4 Å². The fourth-order valence-electron chi connectivity index (χ4n) is 2.71. The fraction of sp³-hybridized carbons (Fsp3) is 0.278. The van der Waals surface area contributed by atoms with Crippen molar-refractivity contribution in [2.45, 2.75) is 20.4 Å². The van der Waals surface area contributed by atoms with Gasteiger partial charge in [0.15, 0.2) is 11.3 Å². The number of hydrogen-bond donors (Lipinski definition) is 1. The number of ether oxygens (including phenoxy) is 1. The third kappa shape index (κ3) is 3.40. The number of rotatable bonds is 5. The molecule has 7 nitrogen and oxygen atoms in total. The van der Waals surface area contributed by atoms with Crippen molar-refractivity contribution in [3.8, 4) is 5.75 Å². The Bertz CT molecular complexity index is 988. The second-order valence-corrected chi connectivity index (χ2v) is 5.73. The Morgan fingerprint density at radius 1 is 1.32 bits per heavy atom. The minimum absolute atomic E-state index is 0.0332. The Morgan fingerprint density at radius 3 is 2.80 bits per heavy atom. The van der Waals surface area contributed by atoms with Crippen molar-refractivity contribution in [1.82, 2.24) is 15.1 Å². The van der Waals surface area contributed by atoms with Gasteiger partial charge in [-0.25, -0.2) is 4.79 Å². The number of carbonyl (C=O) groups is 1. The van der Waals surface area contributed by atoms with Crippen LogP contribution in [0.4, 0.5) is 0 Å². The van der Waals surface area contributed by atoms with Crippen LogP contribution in [0.15, 0.2) is 39.5 Å². The summed E-state index contributed by atoms with van der Waals surface area (Å²) in [5.41, 5.74) is 1.54. The molecule has 0 bridgehead atoms. The number of nitrogens with one attached hydrogen (secondary N) is 1. The van der Waals surface area contributed by atoms with E-state index in [0.717, 1.165) is 11.4 Å². The number of amides is 1. The molecule has 0 unspecified atom stereocenters. The van der Waals surface area contributed by atoms with Gasteiger partial charge in [0.25, 0.3) is 5.91 Å². The second-order valence-electron chi connectivity index (χ2n) is 5.73. The van der Waals surface area contributed by atoms with Crippen molar-refractivity contribution < 1.29 is 13.9 Å². The lowest BCUT2D eigenvalue weighted by atomic mass is 10.1. The molecule has 2 heterocycles. The standard InChI is InChI=1S/C18H19N3O4/c1-11-9-12(2)21(20-11)8-7-19-17(22)14-10-13-5-4-6-15(24-3)16(13)25-18(14)23/h4-6,9-10H,7-8H2,1-3H3,(H,19,22). The molecule has 3 aromatic rings. The summed E-state index contributed by atoms with van der Waals surface area (Å²) in [4.78, 5) is 24.4. The highest BCUT2D eigenvalue weighted by Crippen LogP contribution is 2.24. The van der Waals surface area contributed by atoms with E-state index in [1.165, 1.54) is 13.2 Å². The number of carbonyl (C=O) groups excluding carboxylic acids is 1. The number of nitrogens with zero attached hydrogens (tertiary/aromatic N) is 2. The molecule has 25 heavy (non-hydrogen) atoms. The molecule has 0 aliphatic carbocycles. The Balaban J connectivity index is 1.77. The Hall–Kier alpha value is -3.09. The summed E-state index contributed by atoms with van der Waals surface area (Å²) < 4.78 is 12.2. The van der Waals surface area contributed by atoms with Crippen LogP contribution >= 0.6 is 0 Å². The van der Waals surface area contributed by atoms with E-state index in [0.29, 0.717) is 29.8 Å². The van der Waals surface area contributed by atoms with Crippen LogP contribution in [0.3, 0.4) is 0 Å². The van der Waals surface area contributed by atoms with Gasteiger partial charge in [-0.2, -0.15) is 5.10 Å². The Labute approximate surface area is 144 Å². The van der Waals surface area contributed by atoms with Gasteiger partial charge in [-0.1, -0.05) is 12.1 Å². The Kier molecular flexibility index (Phi) is 4.56. The third-order valence-electron chi connectivity index (χ3n) is 3.90. The van der Waals surface area contributed by atoms with Gasteiger partial charge in [0.1, 0.15) is 5.56 Å². The highest BCUT2D eigenvalue weighted by molar-refractivity contribution is 5.97. The zero-order valence-electron chi connectivity index (χ0n) is 14.3. The molecule has 2 aromatic heterocycles. The maximum absolute atomic E-state index is 12.3. The predicted molar refractivity (Wildman–Crippen MR) is 93.1 cm³/mol. The van der Waals surface area contributed by atoms with Crippen molar-refractivity contribution in [3.05, 3.63) is 57.7 Å². The molecular weight excluding hydrogens is 322 g/mol. The normalized spacial score (nSPS) is 10.8. The van der Waals surface area contributed by atoms with Crippen LogP contribution in [0.1, 0.15) is 21.7 Å². The average molecular weight is 341 g/mol. The molecule has 3 rings (SSSR count). The van der Waals surface area contributed by atoms with Gasteiger partial charge in [-0.15, -0.1) is 0 Å². The summed E-state index contributed by atoms with van der Waals surface area (Å²) in [6.45, 7) is 4.75. The SMILES string of the molecule is COc1cccc2cc(C(=O)NCCn3nc(C)cc3C)c(=O)oc12. The highest BCUT2D eigenvalue weighted by atomic mass is 16.5. The van der Waals surface area contributed by atoms with E-state index in [9.17, 15) is 9.59 Å². The first-order valence-corrected chi connectivity index (χ1v) is 7.89. The lowest BCUT2D eigenvalue weighted by molar-refractivity contribution is 0.0948. The van der Waals surface area contributed by atoms with Gasteiger partial charge in [0.05, 0.1) is 19.3 Å². The molecule has 130 valence electrons. The molecular formula is C18H19N3O4. The molecule has 1 amide bonds. The molecule has 0 radical (unpaired) electrons. The van der Waals surface area contributed by atoms with Gasteiger partial charge >= 0.3 is 5.63 Å². The Morgan fingerprint density at radius 2 is 2.12 bits per heavy atom. The molecule has 0 aliphatic rings. The predicted octanol–water partition coefficient (Wildman–Crippen LogP) is 2.04. The molecule has 0 fully saturated rings. The molecule has 0 saturated heterocycles. The summed E-state index contributed by atoms with van der Waals surface area (Å²) in [5.74, 6) is -0.0221. The first-order chi connectivity index (χ1) is 12.0. The quantitative estimate of drug-likeness (QED) is 0.718. The maximum atomic E-state index is 12.3. The lowest BCUT2D eigenvalue weighted by Gasteiger charge is -2.08. The maximum Gasteiger partial charge on any atom is 0.349 e. The summed E-state index contributed by atoms with van der Waals surface area (Å²) in [6.07, 6.45) is 0. The number of hydrogen-bond acceptors (Lipinski definition) is 5. The molecule has 0 spiro atoms. The van der Waals surface area contributed by atoms with Crippen LogP contribution in [0, 0.1) is 13.8 Å². The van der Waals surface area contributed by atoms with Crippen LogP contribution in [0.5, 0.6) is 5.75 Å². The lowest BCUT2D eigenvalue weighted by Crippen LogP contribution is -2.31. The van der Waals surface area contributed by atoms with Crippen molar-refractivity contribution in [2.24, 2.45) is 0 Å². The summed E-state index contributed by atoms with van der Waals surface area (Å²) in [7, 11) is 1.49. The first-order valence-electron chi connectivity index (χ1n) is 7.89. The van der Waals surface area contributed by atoms with E-state index >= 15 is 0 Å². The average Bonchev–Trinajstić information content (AvgIpc) is 2.91. The first kappa shape index (κ1) is 16.8. The minimum atomic E-state index is -0.694. The summed E-state index contributed by atoms with van der Waals surface area (Å²) in [6, 6.07) is 8.70. The molecule has 0 atom stereocenters. The zero-order valence-corrected chi connectivity index (χ0v) is 14.3. The van der Waals surface area contributed by atoms with E-state index in [1.54, 1.807) is 18.2 Å². The molecule has 0 saturated carbocycles. The summed E-state index contributed by atoms with van der Waals surface area (Å²) >= 11 is 0. The molecule has 1 N–H and O–H groups in total. The monoisotopic (exact) mass is 341 g/mol. The minimum Gasteiger partial charge on any atom is -0.493 e. The van der Waals surface area contributed by atoms with Crippen molar-refractivity contribution in [1.29, 1.82) is 0 Å². The van der Waals surface area contributed by atoms with E-state index in [4.69, 9.17) is 9.15 Å². The van der Waals surface area contributed by atoms with Crippen LogP contribution in [0.2, 0.25) is 0 Å².